The van der Waals surface area contributed by atoms with Gasteiger partial charge in [-0.05, 0) is 58.6 Å². The Bertz CT molecular complexity index is 1570. The fourth-order valence-corrected chi connectivity index (χ4v) is 6.11. The topological polar surface area (TPSA) is 160 Å². The van der Waals surface area contributed by atoms with Crippen LogP contribution in [0.1, 0.15) is 78.3 Å². The number of amides is 3. The number of halogens is 2. The van der Waals surface area contributed by atoms with Gasteiger partial charge >= 0.3 is 12.1 Å². The molecule has 2 fully saturated rings. The minimum atomic E-state index is -3.42. The zero-order valence-corrected chi connectivity index (χ0v) is 26.9. The number of para-hydroxylation sites is 2. The molecule has 5 atom stereocenters. The lowest BCUT2D eigenvalue weighted by atomic mass is 10.0. The maximum Gasteiger partial charge on any atom is 0.408 e. The molecule has 0 spiro atoms. The van der Waals surface area contributed by atoms with Crippen molar-refractivity contribution in [1.29, 1.82) is 0 Å². The largest absolute Gasteiger partial charge is 0.479 e. The second kappa shape index (κ2) is 13.0. The molecule has 2 aromatic rings. The molecule has 3 amide bonds. The number of carboxylic acid groups (broad SMARTS) is 1. The summed E-state index contributed by atoms with van der Waals surface area (Å²) in [5.41, 5.74) is -2.50. The molecule has 2 aliphatic heterocycles. The van der Waals surface area contributed by atoms with Gasteiger partial charge in [-0.25, -0.2) is 19.6 Å². The van der Waals surface area contributed by atoms with E-state index in [-0.39, 0.29) is 31.3 Å². The lowest BCUT2D eigenvalue weighted by Gasteiger charge is -2.30. The first-order chi connectivity index (χ1) is 22.1. The molecular weight excluding hydrogens is 616 g/mol. The molecule has 0 unspecified atom stereocenters. The van der Waals surface area contributed by atoms with Crippen LogP contribution in [0.5, 0.6) is 5.88 Å². The molecule has 12 nitrogen and oxygen atoms in total. The van der Waals surface area contributed by atoms with Gasteiger partial charge in [0.05, 0.1) is 17.6 Å². The summed E-state index contributed by atoms with van der Waals surface area (Å²) in [6.45, 7) is 5.53. The predicted octanol–water partition coefficient (Wildman–Crippen LogP) is 4.46. The van der Waals surface area contributed by atoms with Crippen LogP contribution in [-0.2, 0) is 25.0 Å². The summed E-state index contributed by atoms with van der Waals surface area (Å²) in [6, 6.07) is 4.18. The van der Waals surface area contributed by atoms with Crippen molar-refractivity contribution in [1.82, 2.24) is 25.5 Å². The molecule has 254 valence electrons. The van der Waals surface area contributed by atoms with Gasteiger partial charge in [0.15, 0.2) is 5.69 Å². The normalized spacial score (nSPS) is 27.8. The van der Waals surface area contributed by atoms with Crippen LogP contribution in [0.15, 0.2) is 36.4 Å². The number of carbonyl (C=O) groups excluding carboxylic acids is 3. The Kier molecular flexibility index (Phi) is 9.43. The van der Waals surface area contributed by atoms with Crippen LogP contribution >= 0.6 is 0 Å². The van der Waals surface area contributed by atoms with E-state index >= 15 is 0 Å². The summed E-state index contributed by atoms with van der Waals surface area (Å²) < 4.78 is 40.9. The first kappa shape index (κ1) is 34.0. The van der Waals surface area contributed by atoms with Crippen molar-refractivity contribution in [2.45, 2.75) is 108 Å². The van der Waals surface area contributed by atoms with Gasteiger partial charge in [0.2, 0.25) is 17.7 Å². The van der Waals surface area contributed by atoms with Crippen LogP contribution in [0.2, 0.25) is 0 Å². The standard InChI is InChI=1S/C33H41F2N5O7/c1-31(2,3)47-30(45)38-23-15-9-7-5-6-8-12-19-17-33(19,29(43)44)39-26(41)24-16-20(18-40(24)28(23)42)46-27-25(32(4,34)35)36-21-13-10-11-14-22(21)37-27/h8,10-14,19-20,23-24H,5-7,9,15-18H2,1-4H3,(H,38,45)(H,39,41)(H,43,44)/b12-8-/t19-,20-,23+,24+,33-/m1/s1. The maximum atomic E-state index is 14.7. The molecule has 47 heavy (non-hydrogen) atoms. The zero-order valence-electron chi connectivity index (χ0n) is 26.9. The number of carbonyl (C=O) groups is 4. The SMILES string of the molecule is CC(C)(C)OC(=O)N[C@H]1CCCCC/C=C\[C@@H]2C[C@@]2(C(=O)O)NC(=O)[C@@H]2C[C@@H](Oc3nc4ccccc4nc3C(C)(F)F)CN2C1=O. The average Bonchev–Trinajstić information content (AvgIpc) is 3.51. The number of aromatic nitrogens is 2. The van der Waals surface area contributed by atoms with E-state index in [1.807, 2.05) is 6.08 Å². The van der Waals surface area contributed by atoms with Crippen molar-refractivity contribution in [2.75, 3.05) is 6.54 Å². The van der Waals surface area contributed by atoms with Crippen LogP contribution in [0, 0.1) is 5.92 Å². The van der Waals surface area contributed by atoms with E-state index in [4.69, 9.17) is 9.47 Å². The lowest BCUT2D eigenvalue weighted by Crippen LogP contribution is -2.56. The van der Waals surface area contributed by atoms with Crippen molar-refractivity contribution in [3.05, 3.63) is 42.1 Å². The van der Waals surface area contributed by atoms with Gasteiger partial charge in [-0.1, -0.05) is 37.1 Å². The molecule has 1 aliphatic carbocycles. The number of alkyl halides is 2. The van der Waals surface area contributed by atoms with Crippen LogP contribution in [0.3, 0.4) is 0 Å². The first-order valence-electron chi connectivity index (χ1n) is 15.9. The summed E-state index contributed by atoms with van der Waals surface area (Å²) in [7, 11) is 0. The quantitative estimate of drug-likeness (QED) is 0.395. The smallest absolute Gasteiger partial charge is 0.408 e. The van der Waals surface area contributed by atoms with Crippen molar-refractivity contribution in [2.24, 2.45) is 5.92 Å². The predicted molar refractivity (Wildman–Crippen MR) is 166 cm³/mol. The number of hydrogen-bond acceptors (Lipinski definition) is 8. The number of hydrogen-bond donors (Lipinski definition) is 3. The van der Waals surface area contributed by atoms with E-state index in [1.165, 1.54) is 4.90 Å². The lowest BCUT2D eigenvalue weighted by molar-refractivity contribution is -0.145. The number of alkyl carbamates (subject to hydrolysis) is 1. The molecule has 1 aromatic heterocycles. The summed E-state index contributed by atoms with van der Waals surface area (Å²) in [6.07, 6.45) is 5.00. The molecule has 1 saturated carbocycles. The van der Waals surface area contributed by atoms with Gasteiger partial charge in [-0.15, -0.1) is 0 Å². The molecule has 3 N–H and O–H groups in total. The van der Waals surface area contributed by atoms with Crippen LogP contribution < -0.4 is 15.4 Å². The Morgan fingerprint density at radius 2 is 1.79 bits per heavy atom. The molecule has 0 radical (unpaired) electrons. The van der Waals surface area contributed by atoms with Crippen LogP contribution in [0.4, 0.5) is 13.6 Å². The molecule has 3 heterocycles. The van der Waals surface area contributed by atoms with Gasteiger partial charge in [0.25, 0.3) is 5.92 Å². The molecule has 1 aromatic carbocycles. The molecule has 3 aliphatic rings. The number of fused-ring (bicyclic) bond motifs is 3. The highest BCUT2D eigenvalue weighted by Crippen LogP contribution is 2.45. The van der Waals surface area contributed by atoms with E-state index in [1.54, 1.807) is 51.1 Å². The molecule has 1 saturated heterocycles. The van der Waals surface area contributed by atoms with Gasteiger partial charge < -0.3 is 30.1 Å². The molecule has 14 heteroatoms. The van der Waals surface area contributed by atoms with Crippen LogP contribution in [-0.4, -0.2) is 79.7 Å². The summed E-state index contributed by atoms with van der Waals surface area (Å²) in [5, 5.41) is 15.4. The van der Waals surface area contributed by atoms with Crippen molar-refractivity contribution >= 4 is 34.9 Å². The Balaban J connectivity index is 1.48. The van der Waals surface area contributed by atoms with E-state index < -0.39 is 76.6 Å². The highest BCUT2D eigenvalue weighted by atomic mass is 19.3. The molecule has 5 rings (SSSR count). The number of ether oxygens (including phenoxy) is 2. The minimum Gasteiger partial charge on any atom is -0.479 e. The number of rotatable bonds is 5. The van der Waals surface area contributed by atoms with E-state index in [9.17, 15) is 33.1 Å². The van der Waals surface area contributed by atoms with Gasteiger partial charge in [-0.3, -0.25) is 9.59 Å². The zero-order chi connectivity index (χ0) is 34.1. The summed E-state index contributed by atoms with van der Waals surface area (Å²) in [5.74, 6) is -6.80. The fraction of sp³-hybridized carbons (Fsp3) is 0.576. The fourth-order valence-electron chi connectivity index (χ4n) is 6.11. The van der Waals surface area contributed by atoms with E-state index in [0.717, 1.165) is 12.8 Å². The van der Waals surface area contributed by atoms with Gasteiger partial charge in [-0.2, -0.15) is 8.78 Å². The van der Waals surface area contributed by atoms with Crippen molar-refractivity contribution in [3.63, 3.8) is 0 Å². The Morgan fingerprint density at radius 1 is 1.09 bits per heavy atom. The third kappa shape index (κ3) is 7.79. The van der Waals surface area contributed by atoms with Gasteiger partial charge in [0, 0.05) is 19.3 Å². The number of benzene rings is 1. The Labute approximate surface area is 271 Å². The first-order valence-corrected chi connectivity index (χ1v) is 15.9. The number of nitrogens with one attached hydrogen (secondary N) is 2. The summed E-state index contributed by atoms with van der Waals surface area (Å²) >= 11 is 0. The van der Waals surface area contributed by atoms with E-state index in [0.29, 0.717) is 25.3 Å². The highest BCUT2D eigenvalue weighted by Gasteiger charge is 2.61. The monoisotopic (exact) mass is 657 g/mol. The molecular formula is C33H41F2N5O7. The number of carboxylic acids is 1. The van der Waals surface area contributed by atoms with Crippen molar-refractivity contribution in [3.8, 4) is 5.88 Å². The second-order valence-corrected chi connectivity index (χ2v) is 13.6. The Morgan fingerprint density at radius 3 is 2.45 bits per heavy atom. The van der Waals surface area contributed by atoms with Crippen molar-refractivity contribution < 1.29 is 42.5 Å². The minimum absolute atomic E-state index is 0.143. The highest BCUT2D eigenvalue weighted by molar-refractivity contribution is 5.96. The number of nitrogens with zero attached hydrogens (tertiary/aromatic N) is 3. The van der Waals surface area contributed by atoms with E-state index in [2.05, 4.69) is 20.6 Å². The second-order valence-electron chi connectivity index (χ2n) is 13.6. The maximum absolute atomic E-state index is 14.7. The number of aliphatic carboxylic acids is 1. The third-order valence-electron chi connectivity index (χ3n) is 8.54. The number of allylic oxidation sites excluding steroid dienone is 1. The Hall–Kier alpha value is -4.36. The summed E-state index contributed by atoms with van der Waals surface area (Å²) in [4.78, 5) is 62.7. The third-order valence-corrected chi connectivity index (χ3v) is 8.54. The van der Waals surface area contributed by atoms with Gasteiger partial charge in [0.1, 0.15) is 29.3 Å². The molecule has 0 bridgehead atoms. The average molecular weight is 658 g/mol. The van der Waals surface area contributed by atoms with Crippen LogP contribution in [0.25, 0.3) is 11.0 Å².